The van der Waals surface area contributed by atoms with Crippen molar-refractivity contribution in [2.45, 2.75) is 40.0 Å². The number of aldehydes is 1. The van der Waals surface area contributed by atoms with Crippen molar-refractivity contribution in [3.8, 4) is 0 Å². The highest BCUT2D eigenvalue weighted by atomic mass is 16.1. The van der Waals surface area contributed by atoms with Crippen molar-refractivity contribution in [1.82, 2.24) is 0 Å². The standard InChI is InChI=1S/C13H18O2/c1-8-11(10-4-9(10)7-14)5-13(2,3)6-12(8)15/h7,9-10H,4-6H2,1-3H3/t9-,10+/m0/s1. The molecule has 2 aliphatic carbocycles. The van der Waals surface area contributed by atoms with Gasteiger partial charge in [-0.25, -0.2) is 0 Å². The van der Waals surface area contributed by atoms with Gasteiger partial charge in [-0.15, -0.1) is 0 Å². The minimum Gasteiger partial charge on any atom is -0.303 e. The lowest BCUT2D eigenvalue weighted by atomic mass is 9.72. The summed E-state index contributed by atoms with van der Waals surface area (Å²) in [6.45, 7) is 6.19. The predicted molar refractivity (Wildman–Crippen MR) is 58.4 cm³/mol. The summed E-state index contributed by atoms with van der Waals surface area (Å²) < 4.78 is 0. The van der Waals surface area contributed by atoms with Crippen LogP contribution in [-0.2, 0) is 9.59 Å². The number of hydrogen-bond acceptors (Lipinski definition) is 2. The number of carbonyl (C=O) groups is 2. The highest BCUT2D eigenvalue weighted by Gasteiger charge is 2.44. The number of hydrogen-bond donors (Lipinski definition) is 0. The van der Waals surface area contributed by atoms with Gasteiger partial charge in [-0.3, -0.25) is 4.79 Å². The van der Waals surface area contributed by atoms with Crippen LogP contribution in [0.15, 0.2) is 11.1 Å². The van der Waals surface area contributed by atoms with Crippen LogP contribution >= 0.6 is 0 Å². The normalized spacial score (nSPS) is 34.2. The molecule has 2 aliphatic rings. The maximum atomic E-state index is 11.8. The van der Waals surface area contributed by atoms with E-state index in [2.05, 4.69) is 13.8 Å². The molecule has 1 saturated carbocycles. The molecular formula is C13H18O2. The molecule has 0 unspecified atom stereocenters. The van der Waals surface area contributed by atoms with E-state index < -0.39 is 0 Å². The summed E-state index contributed by atoms with van der Waals surface area (Å²) in [5.74, 6) is 0.848. The fraction of sp³-hybridized carbons (Fsp3) is 0.692. The van der Waals surface area contributed by atoms with Crippen LogP contribution in [0.3, 0.4) is 0 Å². The van der Waals surface area contributed by atoms with Gasteiger partial charge in [0.15, 0.2) is 5.78 Å². The Hall–Kier alpha value is -0.920. The van der Waals surface area contributed by atoms with Crippen molar-refractivity contribution in [1.29, 1.82) is 0 Å². The number of carbonyl (C=O) groups excluding carboxylic acids is 2. The van der Waals surface area contributed by atoms with E-state index >= 15 is 0 Å². The van der Waals surface area contributed by atoms with E-state index in [9.17, 15) is 9.59 Å². The van der Waals surface area contributed by atoms with E-state index in [0.29, 0.717) is 12.3 Å². The zero-order chi connectivity index (χ0) is 11.2. The van der Waals surface area contributed by atoms with Gasteiger partial charge in [-0.1, -0.05) is 19.4 Å². The first kappa shape index (κ1) is 10.6. The second-order valence-electron chi connectivity index (χ2n) is 5.73. The van der Waals surface area contributed by atoms with E-state index in [1.165, 1.54) is 5.57 Å². The molecule has 0 amide bonds. The van der Waals surface area contributed by atoms with Gasteiger partial charge in [0.1, 0.15) is 6.29 Å². The van der Waals surface area contributed by atoms with E-state index in [-0.39, 0.29) is 17.1 Å². The number of allylic oxidation sites excluding steroid dienone is 2. The third-order valence-corrected chi connectivity index (χ3v) is 3.67. The van der Waals surface area contributed by atoms with Gasteiger partial charge < -0.3 is 4.79 Å². The summed E-state index contributed by atoms with van der Waals surface area (Å²) in [6, 6.07) is 0. The van der Waals surface area contributed by atoms with Crippen LogP contribution in [0.4, 0.5) is 0 Å². The second-order valence-corrected chi connectivity index (χ2v) is 5.73. The Labute approximate surface area is 90.7 Å². The molecule has 0 N–H and O–H groups in total. The highest BCUT2D eigenvalue weighted by Crippen LogP contribution is 2.50. The van der Waals surface area contributed by atoms with Gasteiger partial charge in [0.05, 0.1) is 0 Å². The SMILES string of the molecule is CC1=C([C@@H]2C[C@H]2C=O)CC(C)(C)CC1=O. The smallest absolute Gasteiger partial charge is 0.159 e. The van der Waals surface area contributed by atoms with Gasteiger partial charge in [-0.2, -0.15) is 0 Å². The molecule has 0 radical (unpaired) electrons. The molecule has 0 aromatic carbocycles. The van der Waals surface area contributed by atoms with E-state index in [0.717, 1.165) is 24.7 Å². The lowest BCUT2D eigenvalue weighted by molar-refractivity contribution is -0.118. The maximum absolute atomic E-state index is 11.8. The molecule has 0 aromatic rings. The Morgan fingerprint density at radius 1 is 1.33 bits per heavy atom. The number of Topliss-reactive ketones (excluding diaryl/α,β-unsaturated/α-hetero) is 1. The van der Waals surface area contributed by atoms with Crippen molar-refractivity contribution in [2.24, 2.45) is 17.3 Å². The molecular weight excluding hydrogens is 188 g/mol. The molecule has 0 heterocycles. The van der Waals surface area contributed by atoms with Gasteiger partial charge in [0.2, 0.25) is 0 Å². The molecule has 0 aromatic heterocycles. The average molecular weight is 206 g/mol. The Morgan fingerprint density at radius 2 is 2.00 bits per heavy atom. The fourth-order valence-electron chi connectivity index (χ4n) is 2.63. The van der Waals surface area contributed by atoms with Crippen LogP contribution in [0.1, 0.15) is 40.0 Å². The molecule has 0 spiro atoms. The van der Waals surface area contributed by atoms with Crippen molar-refractivity contribution < 1.29 is 9.59 Å². The van der Waals surface area contributed by atoms with Gasteiger partial charge in [0, 0.05) is 12.3 Å². The molecule has 2 rings (SSSR count). The topological polar surface area (TPSA) is 34.1 Å². The van der Waals surface area contributed by atoms with Crippen LogP contribution in [0.25, 0.3) is 0 Å². The summed E-state index contributed by atoms with van der Waals surface area (Å²) in [7, 11) is 0. The maximum Gasteiger partial charge on any atom is 0.159 e. The van der Waals surface area contributed by atoms with Crippen LogP contribution in [0.5, 0.6) is 0 Å². The molecule has 82 valence electrons. The Morgan fingerprint density at radius 3 is 2.53 bits per heavy atom. The first-order valence-electron chi connectivity index (χ1n) is 5.63. The summed E-state index contributed by atoms with van der Waals surface area (Å²) in [5, 5.41) is 0. The van der Waals surface area contributed by atoms with Crippen LogP contribution in [-0.4, -0.2) is 12.1 Å². The van der Waals surface area contributed by atoms with Crippen molar-refractivity contribution >= 4 is 12.1 Å². The molecule has 0 bridgehead atoms. The Bertz CT molecular complexity index is 350. The lowest BCUT2D eigenvalue weighted by Gasteiger charge is -2.31. The number of rotatable bonds is 2. The molecule has 0 aliphatic heterocycles. The van der Waals surface area contributed by atoms with E-state index in [1.54, 1.807) is 0 Å². The lowest BCUT2D eigenvalue weighted by Crippen LogP contribution is -2.25. The average Bonchev–Trinajstić information content (AvgIpc) is 2.89. The van der Waals surface area contributed by atoms with Crippen LogP contribution < -0.4 is 0 Å². The molecule has 2 atom stereocenters. The predicted octanol–water partition coefficient (Wildman–Crippen LogP) is 2.53. The fourth-order valence-corrected chi connectivity index (χ4v) is 2.63. The monoisotopic (exact) mass is 206 g/mol. The van der Waals surface area contributed by atoms with E-state index in [4.69, 9.17) is 0 Å². The Balaban J connectivity index is 2.25. The molecule has 0 saturated heterocycles. The first-order valence-corrected chi connectivity index (χ1v) is 5.63. The van der Waals surface area contributed by atoms with Crippen LogP contribution in [0, 0.1) is 17.3 Å². The molecule has 2 nitrogen and oxygen atoms in total. The third-order valence-electron chi connectivity index (χ3n) is 3.67. The zero-order valence-electron chi connectivity index (χ0n) is 9.67. The summed E-state index contributed by atoms with van der Waals surface area (Å²) in [4.78, 5) is 22.5. The highest BCUT2D eigenvalue weighted by molar-refractivity contribution is 5.97. The van der Waals surface area contributed by atoms with Crippen molar-refractivity contribution in [2.75, 3.05) is 0 Å². The molecule has 2 heteroatoms. The second kappa shape index (κ2) is 3.29. The van der Waals surface area contributed by atoms with Gasteiger partial charge >= 0.3 is 0 Å². The van der Waals surface area contributed by atoms with Crippen molar-refractivity contribution in [3.05, 3.63) is 11.1 Å². The van der Waals surface area contributed by atoms with Crippen molar-refractivity contribution in [3.63, 3.8) is 0 Å². The van der Waals surface area contributed by atoms with E-state index in [1.807, 2.05) is 6.92 Å². The summed E-state index contributed by atoms with van der Waals surface area (Å²) in [6.07, 6.45) is 3.64. The molecule has 15 heavy (non-hydrogen) atoms. The largest absolute Gasteiger partial charge is 0.303 e. The minimum atomic E-state index is 0.0853. The third kappa shape index (κ3) is 1.90. The molecule has 1 fully saturated rings. The first-order chi connectivity index (χ1) is 6.94. The summed E-state index contributed by atoms with van der Waals surface area (Å²) >= 11 is 0. The Kier molecular flexibility index (Phi) is 2.32. The van der Waals surface area contributed by atoms with Crippen LogP contribution in [0.2, 0.25) is 0 Å². The zero-order valence-corrected chi connectivity index (χ0v) is 9.67. The number of ketones is 1. The minimum absolute atomic E-state index is 0.0853. The quantitative estimate of drug-likeness (QED) is 0.651. The van der Waals surface area contributed by atoms with Gasteiger partial charge in [-0.05, 0) is 36.7 Å². The van der Waals surface area contributed by atoms with Gasteiger partial charge in [0.25, 0.3) is 0 Å². The summed E-state index contributed by atoms with van der Waals surface area (Å²) in [5.41, 5.74) is 2.28.